The molecule has 1 aliphatic rings. The fourth-order valence-corrected chi connectivity index (χ4v) is 3.00. The zero-order valence-corrected chi connectivity index (χ0v) is 12.1. The number of hydrogen-bond donors (Lipinski definition) is 2. The first kappa shape index (κ1) is 13.7. The highest BCUT2D eigenvalue weighted by molar-refractivity contribution is 5.89. The maximum atomic E-state index is 11.1. The topological polar surface area (TPSA) is 49.3 Å². The quantitative estimate of drug-likeness (QED) is 0.887. The molecule has 21 heavy (non-hydrogen) atoms. The van der Waals surface area contributed by atoms with Crippen molar-refractivity contribution >= 4 is 11.7 Å². The number of nitrogens with one attached hydrogen (secondary N) is 1. The minimum atomic E-state index is -0.887. The normalized spacial score (nSPS) is 17.1. The molecule has 0 aliphatic heterocycles. The molecule has 1 atom stereocenters. The number of carboxylic acid groups (broad SMARTS) is 1. The monoisotopic (exact) mass is 281 g/mol. The van der Waals surface area contributed by atoms with E-state index in [2.05, 4.69) is 29.6 Å². The van der Waals surface area contributed by atoms with E-state index in [9.17, 15) is 4.79 Å². The Hall–Kier alpha value is -2.29. The third kappa shape index (κ3) is 2.77. The van der Waals surface area contributed by atoms with Crippen LogP contribution in [0.1, 0.15) is 45.9 Å². The zero-order valence-electron chi connectivity index (χ0n) is 12.1. The first-order valence-electron chi connectivity index (χ1n) is 7.33. The van der Waals surface area contributed by atoms with Crippen molar-refractivity contribution in [2.24, 2.45) is 0 Å². The van der Waals surface area contributed by atoms with Crippen molar-refractivity contribution in [1.82, 2.24) is 0 Å². The summed E-state index contributed by atoms with van der Waals surface area (Å²) in [6.07, 6.45) is 3.36. The summed E-state index contributed by atoms with van der Waals surface area (Å²) in [6, 6.07) is 14.0. The van der Waals surface area contributed by atoms with Crippen LogP contribution < -0.4 is 5.32 Å². The number of carboxylic acids is 1. The molecular formula is C18H19NO2. The lowest BCUT2D eigenvalue weighted by Crippen LogP contribution is -2.18. The Morgan fingerprint density at radius 1 is 1.24 bits per heavy atom. The number of fused-ring (bicyclic) bond motifs is 1. The number of carbonyl (C=O) groups is 1. The number of rotatable bonds is 3. The van der Waals surface area contributed by atoms with Gasteiger partial charge < -0.3 is 10.4 Å². The SMILES string of the molecule is Cc1ccc(C(=O)O)cc1NC1CCCc2ccccc21. The van der Waals surface area contributed by atoms with Crippen LogP contribution in [-0.2, 0) is 6.42 Å². The Morgan fingerprint density at radius 3 is 2.86 bits per heavy atom. The van der Waals surface area contributed by atoms with Gasteiger partial charge in [-0.05, 0) is 55.0 Å². The molecule has 0 radical (unpaired) electrons. The van der Waals surface area contributed by atoms with Gasteiger partial charge in [0.1, 0.15) is 0 Å². The van der Waals surface area contributed by atoms with E-state index in [1.165, 1.54) is 11.1 Å². The largest absolute Gasteiger partial charge is 0.478 e. The van der Waals surface area contributed by atoms with Gasteiger partial charge in [-0.2, -0.15) is 0 Å². The summed E-state index contributed by atoms with van der Waals surface area (Å²) in [5.41, 5.74) is 5.05. The molecule has 1 aliphatic carbocycles. The number of anilines is 1. The van der Waals surface area contributed by atoms with Gasteiger partial charge in [-0.1, -0.05) is 30.3 Å². The standard InChI is InChI=1S/C18H19NO2/c1-12-9-10-14(18(20)21)11-17(12)19-16-8-4-6-13-5-2-3-7-15(13)16/h2-3,5,7,9-11,16,19H,4,6,8H2,1H3,(H,20,21). The molecule has 3 heteroatoms. The van der Waals surface area contributed by atoms with E-state index in [-0.39, 0.29) is 6.04 Å². The van der Waals surface area contributed by atoms with Gasteiger partial charge in [-0.25, -0.2) is 4.79 Å². The van der Waals surface area contributed by atoms with E-state index in [0.29, 0.717) is 5.56 Å². The van der Waals surface area contributed by atoms with Crippen LogP contribution in [0.3, 0.4) is 0 Å². The van der Waals surface area contributed by atoms with Crippen LogP contribution in [0.15, 0.2) is 42.5 Å². The summed E-state index contributed by atoms with van der Waals surface area (Å²) < 4.78 is 0. The van der Waals surface area contributed by atoms with Crippen LogP contribution in [0.2, 0.25) is 0 Å². The van der Waals surface area contributed by atoms with Gasteiger partial charge >= 0.3 is 5.97 Å². The summed E-state index contributed by atoms with van der Waals surface area (Å²) in [7, 11) is 0. The molecule has 0 bridgehead atoms. The second-order valence-electron chi connectivity index (χ2n) is 5.62. The van der Waals surface area contributed by atoms with Gasteiger partial charge in [0.15, 0.2) is 0 Å². The van der Waals surface area contributed by atoms with Gasteiger partial charge in [0, 0.05) is 5.69 Å². The van der Waals surface area contributed by atoms with Crippen LogP contribution >= 0.6 is 0 Å². The average molecular weight is 281 g/mol. The second kappa shape index (κ2) is 5.60. The minimum absolute atomic E-state index is 0.262. The number of aryl methyl sites for hydroxylation is 2. The highest BCUT2D eigenvalue weighted by Gasteiger charge is 2.20. The van der Waals surface area contributed by atoms with E-state index in [4.69, 9.17) is 5.11 Å². The molecule has 1 unspecified atom stereocenters. The molecule has 2 N–H and O–H groups in total. The van der Waals surface area contributed by atoms with Crippen molar-refractivity contribution in [1.29, 1.82) is 0 Å². The molecule has 0 saturated carbocycles. The predicted octanol–water partition coefficient (Wildman–Crippen LogP) is 4.18. The van der Waals surface area contributed by atoms with Gasteiger partial charge in [0.2, 0.25) is 0 Å². The zero-order chi connectivity index (χ0) is 14.8. The molecule has 3 rings (SSSR count). The van der Waals surface area contributed by atoms with Crippen LogP contribution in [0.4, 0.5) is 5.69 Å². The Kier molecular flexibility index (Phi) is 3.65. The maximum absolute atomic E-state index is 11.1. The lowest BCUT2D eigenvalue weighted by Gasteiger charge is -2.28. The van der Waals surface area contributed by atoms with E-state index in [0.717, 1.165) is 30.5 Å². The van der Waals surface area contributed by atoms with Crippen molar-refractivity contribution in [2.75, 3.05) is 5.32 Å². The van der Waals surface area contributed by atoms with Crippen molar-refractivity contribution < 1.29 is 9.90 Å². The van der Waals surface area contributed by atoms with Crippen molar-refractivity contribution in [3.8, 4) is 0 Å². The Balaban J connectivity index is 1.91. The molecule has 0 heterocycles. The predicted molar refractivity (Wildman–Crippen MR) is 83.9 cm³/mol. The molecule has 0 aromatic heterocycles. The van der Waals surface area contributed by atoms with E-state index in [1.54, 1.807) is 12.1 Å². The molecular weight excluding hydrogens is 262 g/mol. The number of hydrogen-bond acceptors (Lipinski definition) is 2. The highest BCUT2D eigenvalue weighted by atomic mass is 16.4. The summed E-state index contributed by atoms with van der Waals surface area (Å²) in [4.78, 5) is 11.1. The lowest BCUT2D eigenvalue weighted by atomic mass is 9.87. The highest BCUT2D eigenvalue weighted by Crippen LogP contribution is 2.33. The molecule has 0 spiro atoms. The molecule has 3 nitrogen and oxygen atoms in total. The fraction of sp³-hybridized carbons (Fsp3) is 0.278. The first-order valence-corrected chi connectivity index (χ1v) is 7.33. The van der Waals surface area contributed by atoms with Crippen LogP contribution in [-0.4, -0.2) is 11.1 Å². The molecule has 2 aromatic rings. The molecule has 2 aromatic carbocycles. The molecule has 0 amide bonds. The fourth-order valence-electron chi connectivity index (χ4n) is 3.00. The van der Waals surface area contributed by atoms with Crippen molar-refractivity contribution in [2.45, 2.75) is 32.2 Å². The van der Waals surface area contributed by atoms with Gasteiger partial charge in [-0.15, -0.1) is 0 Å². The van der Waals surface area contributed by atoms with E-state index in [1.807, 2.05) is 13.0 Å². The van der Waals surface area contributed by atoms with Crippen LogP contribution in [0, 0.1) is 6.92 Å². The Bertz CT molecular complexity index is 679. The van der Waals surface area contributed by atoms with Crippen molar-refractivity contribution in [3.05, 3.63) is 64.7 Å². The summed E-state index contributed by atoms with van der Waals surface area (Å²) in [6.45, 7) is 2.00. The average Bonchev–Trinajstić information content (AvgIpc) is 2.49. The molecule has 108 valence electrons. The third-order valence-corrected chi connectivity index (χ3v) is 4.18. The molecule has 0 saturated heterocycles. The third-order valence-electron chi connectivity index (χ3n) is 4.18. The second-order valence-corrected chi connectivity index (χ2v) is 5.62. The first-order chi connectivity index (χ1) is 10.1. The number of aromatic carboxylic acids is 1. The Labute approximate surface area is 124 Å². The number of benzene rings is 2. The van der Waals surface area contributed by atoms with E-state index < -0.39 is 5.97 Å². The minimum Gasteiger partial charge on any atom is -0.478 e. The maximum Gasteiger partial charge on any atom is 0.335 e. The van der Waals surface area contributed by atoms with E-state index >= 15 is 0 Å². The molecule has 0 fully saturated rings. The van der Waals surface area contributed by atoms with Crippen molar-refractivity contribution in [3.63, 3.8) is 0 Å². The van der Waals surface area contributed by atoms with Crippen LogP contribution in [0.25, 0.3) is 0 Å². The lowest BCUT2D eigenvalue weighted by molar-refractivity contribution is 0.0697. The smallest absolute Gasteiger partial charge is 0.335 e. The summed E-state index contributed by atoms with van der Waals surface area (Å²) in [5.74, 6) is -0.887. The van der Waals surface area contributed by atoms with Gasteiger partial charge in [0.05, 0.1) is 11.6 Å². The summed E-state index contributed by atoms with van der Waals surface area (Å²) in [5, 5.41) is 12.7. The summed E-state index contributed by atoms with van der Waals surface area (Å²) >= 11 is 0. The van der Waals surface area contributed by atoms with Gasteiger partial charge in [0.25, 0.3) is 0 Å². The van der Waals surface area contributed by atoms with Gasteiger partial charge in [-0.3, -0.25) is 0 Å². The van der Waals surface area contributed by atoms with Crippen LogP contribution in [0.5, 0.6) is 0 Å². The Morgan fingerprint density at radius 2 is 2.05 bits per heavy atom.